The van der Waals surface area contributed by atoms with Crippen molar-refractivity contribution in [2.75, 3.05) is 18.5 Å². The quantitative estimate of drug-likeness (QED) is 0.669. The van der Waals surface area contributed by atoms with Crippen LogP contribution in [0.2, 0.25) is 0 Å². The normalized spacial score (nSPS) is 12.2. The third kappa shape index (κ3) is 5.64. The lowest BCUT2D eigenvalue weighted by Crippen LogP contribution is -2.35. The minimum atomic E-state index is -0.590. The van der Waals surface area contributed by atoms with Crippen LogP contribution in [-0.2, 0) is 0 Å². The smallest absolute Gasteiger partial charge is 0.316 e. The standard InChI is InChI=1S/C16H22N4O4/c1-10(2)17-8-13(21)9-23-14-6-4-12(5-7-14)19-15(22)16-18-11(3)20-24-16/h4-7,10,13,17,21H,8-9H2,1-3H3,(H,19,22)/t13-/m0/s1. The highest BCUT2D eigenvalue weighted by atomic mass is 16.5. The Labute approximate surface area is 140 Å². The molecule has 0 fully saturated rings. The van der Waals surface area contributed by atoms with Crippen LogP contribution >= 0.6 is 0 Å². The Morgan fingerprint density at radius 1 is 1.33 bits per heavy atom. The van der Waals surface area contributed by atoms with E-state index in [4.69, 9.17) is 9.26 Å². The molecule has 1 heterocycles. The number of nitrogens with one attached hydrogen (secondary N) is 2. The molecule has 8 heteroatoms. The number of hydrogen-bond donors (Lipinski definition) is 3. The van der Waals surface area contributed by atoms with Crippen molar-refractivity contribution < 1.29 is 19.2 Å². The van der Waals surface area contributed by atoms with Crippen LogP contribution in [0, 0.1) is 6.92 Å². The van der Waals surface area contributed by atoms with E-state index in [1.807, 2.05) is 13.8 Å². The van der Waals surface area contributed by atoms with E-state index in [1.165, 1.54) is 0 Å². The van der Waals surface area contributed by atoms with Crippen molar-refractivity contribution >= 4 is 11.6 Å². The number of nitrogens with zero attached hydrogens (tertiary/aromatic N) is 2. The second-order valence-corrected chi connectivity index (χ2v) is 5.65. The van der Waals surface area contributed by atoms with Crippen LogP contribution in [0.15, 0.2) is 28.8 Å². The van der Waals surface area contributed by atoms with E-state index in [9.17, 15) is 9.90 Å². The van der Waals surface area contributed by atoms with Crippen molar-refractivity contribution in [3.05, 3.63) is 36.0 Å². The Morgan fingerprint density at radius 2 is 2.04 bits per heavy atom. The van der Waals surface area contributed by atoms with Gasteiger partial charge in [-0.2, -0.15) is 4.98 Å². The first-order valence-corrected chi connectivity index (χ1v) is 7.70. The Hall–Kier alpha value is -2.45. The van der Waals surface area contributed by atoms with Gasteiger partial charge < -0.3 is 25.0 Å². The second-order valence-electron chi connectivity index (χ2n) is 5.65. The van der Waals surface area contributed by atoms with E-state index in [1.54, 1.807) is 31.2 Å². The summed E-state index contributed by atoms with van der Waals surface area (Å²) < 4.78 is 10.3. The van der Waals surface area contributed by atoms with Gasteiger partial charge >= 0.3 is 11.8 Å². The van der Waals surface area contributed by atoms with E-state index >= 15 is 0 Å². The molecule has 0 unspecified atom stereocenters. The Kier molecular flexibility index (Phi) is 6.28. The summed E-state index contributed by atoms with van der Waals surface area (Å²) in [6.45, 7) is 6.31. The molecule has 0 saturated heterocycles. The number of aliphatic hydroxyl groups is 1. The summed E-state index contributed by atoms with van der Waals surface area (Å²) in [4.78, 5) is 15.7. The zero-order chi connectivity index (χ0) is 17.5. The molecule has 24 heavy (non-hydrogen) atoms. The largest absolute Gasteiger partial charge is 0.491 e. The van der Waals surface area contributed by atoms with E-state index in [-0.39, 0.29) is 12.5 Å². The third-order valence-electron chi connectivity index (χ3n) is 3.04. The first kappa shape index (κ1) is 17.9. The fraction of sp³-hybridized carbons (Fsp3) is 0.438. The molecule has 1 aromatic carbocycles. The van der Waals surface area contributed by atoms with Gasteiger partial charge in [-0.25, -0.2) is 0 Å². The summed E-state index contributed by atoms with van der Waals surface area (Å²) in [5.41, 5.74) is 0.574. The first-order valence-electron chi connectivity index (χ1n) is 7.70. The van der Waals surface area contributed by atoms with Gasteiger partial charge in [-0.05, 0) is 31.2 Å². The van der Waals surface area contributed by atoms with Crippen LogP contribution in [0.1, 0.15) is 30.4 Å². The van der Waals surface area contributed by atoms with E-state index < -0.39 is 12.0 Å². The lowest BCUT2D eigenvalue weighted by atomic mass is 10.3. The molecule has 8 nitrogen and oxygen atoms in total. The predicted octanol–water partition coefficient (Wildman–Crippen LogP) is 1.37. The van der Waals surface area contributed by atoms with Crippen LogP contribution in [0.5, 0.6) is 5.75 Å². The molecular formula is C16H22N4O4. The number of rotatable bonds is 8. The zero-order valence-electron chi connectivity index (χ0n) is 13.9. The molecule has 130 valence electrons. The maximum Gasteiger partial charge on any atom is 0.316 e. The Morgan fingerprint density at radius 3 is 2.62 bits per heavy atom. The molecule has 0 bridgehead atoms. The van der Waals surface area contributed by atoms with Gasteiger partial charge in [0, 0.05) is 18.3 Å². The molecule has 1 aromatic heterocycles. The average Bonchev–Trinajstić information content (AvgIpc) is 2.99. The van der Waals surface area contributed by atoms with Crippen molar-refractivity contribution in [3.63, 3.8) is 0 Å². The molecule has 1 amide bonds. The highest BCUT2D eigenvalue weighted by molar-refractivity contribution is 6.00. The van der Waals surface area contributed by atoms with Crippen LogP contribution in [-0.4, -0.2) is 46.5 Å². The van der Waals surface area contributed by atoms with Gasteiger partial charge in [-0.15, -0.1) is 0 Å². The topological polar surface area (TPSA) is 110 Å². The summed E-state index contributed by atoms with van der Waals surface area (Å²) in [5.74, 6) is 0.438. The highest BCUT2D eigenvalue weighted by Crippen LogP contribution is 2.16. The lowest BCUT2D eigenvalue weighted by Gasteiger charge is -2.15. The van der Waals surface area contributed by atoms with Crippen LogP contribution in [0.3, 0.4) is 0 Å². The summed E-state index contributed by atoms with van der Waals surface area (Å²) in [5, 5.41) is 19.1. The van der Waals surface area contributed by atoms with Crippen LogP contribution < -0.4 is 15.4 Å². The number of aliphatic hydroxyl groups excluding tert-OH is 1. The average molecular weight is 334 g/mol. The first-order chi connectivity index (χ1) is 11.4. The van der Waals surface area contributed by atoms with E-state index in [0.717, 1.165) is 0 Å². The van der Waals surface area contributed by atoms with Gasteiger partial charge in [-0.1, -0.05) is 19.0 Å². The minimum Gasteiger partial charge on any atom is -0.491 e. The van der Waals surface area contributed by atoms with E-state index in [2.05, 4.69) is 20.8 Å². The number of aryl methyl sites for hydroxylation is 1. The number of benzene rings is 1. The Balaban J connectivity index is 1.81. The van der Waals surface area contributed by atoms with Crippen LogP contribution in [0.4, 0.5) is 5.69 Å². The molecule has 1 atom stereocenters. The van der Waals surface area contributed by atoms with Gasteiger partial charge in [0.05, 0.1) is 0 Å². The predicted molar refractivity (Wildman–Crippen MR) is 88.1 cm³/mol. The summed E-state index contributed by atoms with van der Waals surface area (Å²) in [7, 11) is 0. The number of ether oxygens (including phenoxy) is 1. The number of anilines is 1. The fourth-order valence-corrected chi connectivity index (χ4v) is 1.83. The van der Waals surface area contributed by atoms with Gasteiger partial charge in [0.2, 0.25) is 0 Å². The molecule has 0 aliphatic heterocycles. The molecule has 0 aliphatic carbocycles. The summed E-state index contributed by atoms with van der Waals surface area (Å²) in [6, 6.07) is 7.10. The number of hydrogen-bond acceptors (Lipinski definition) is 7. The van der Waals surface area contributed by atoms with Crippen molar-refractivity contribution in [1.29, 1.82) is 0 Å². The van der Waals surface area contributed by atoms with Gasteiger partial charge in [0.1, 0.15) is 18.5 Å². The number of aromatic nitrogens is 2. The molecule has 0 radical (unpaired) electrons. The molecule has 0 saturated carbocycles. The highest BCUT2D eigenvalue weighted by Gasteiger charge is 2.13. The maximum atomic E-state index is 11.9. The second kappa shape index (κ2) is 8.42. The summed E-state index contributed by atoms with van der Waals surface area (Å²) in [6.07, 6.45) is -0.590. The van der Waals surface area contributed by atoms with Crippen molar-refractivity contribution in [2.24, 2.45) is 0 Å². The van der Waals surface area contributed by atoms with Crippen molar-refractivity contribution in [2.45, 2.75) is 32.9 Å². The third-order valence-corrected chi connectivity index (χ3v) is 3.04. The zero-order valence-corrected chi connectivity index (χ0v) is 13.9. The monoisotopic (exact) mass is 334 g/mol. The molecule has 3 N–H and O–H groups in total. The molecule has 2 aromatic rings. The van der Waals surface area contributed by atoms with Crippen LogP contribution in [0.25, 0.3) is 0 Å². The SMILES string of the molecule is Cc1noc(C(=O)Nc2ccc(OC[C@@H](O)CNC(C)C)cc2)n1. The van der Waals surface area contributed by atoms with Gasteiger partial charge in [0.25, 0.3) is 0 Å². The van der Waals surface area contributed by atoms with Crippen molar-refractivity contribution in [1.82, 2.24) is 15.5 Å². The van der Waals surface area contributed by atoms with Gasteiger partial charge in [0.15, 0.2) is 5.82 Å². The van der Waals surface area contributed by atoms with Crippen molar-refractivity contribution in [3.8, 4) is 5.75 Å². The molecular weight excluding hydrogens is 312 g/mol. The number of carbonyl (C=O) groups excluding carboxylic acids is 1. The fourth-order valence-electron chi connectivity index (χ4n) is 1.83. The maximum absolute atomic E-state index is 11.9. The van der Waals surface area contributed by atoms with E-state index in [0.29, 0.717) is 29.8 Å². The molecule has 0 spiro atoms. The molecule has 0 aliphatic rings. The lowest BCUT2D eigenvalue weighted by molar-refractivity contribution is 0.0981. The molecule has 2 rings (SSSR count). The summed E-state index contributed by atoms with van der Waals surface area (Å²) >= 11 is 0. The number of carbonyl (C=O) groups is 1. The Bertz CT molecular complexity index is 654. The minimum absolute atomic E-state index is 0.0893. The van der Waals surface area contributed by atoms with Gasteiger partial charge in [-0.3, -0.25) is 4.79 Å². The number of amides is 1.